The van der Waals surface area contributed by atoms with Crippen molar-refractivity contribution in [3.63, 3.8) is 0 Å². The lowest BCUT2D eigenvalue weighted by molar-refractivity contribution is 0.0886. The molecule has 0 aliphatic heterocycles. The van der Waals surface area contributed by atoms with Crippen LogP contribution in [0.3, 0.4) is 0 Å². The Labute approximate surface area is 153 Å². The molecule has 1 amide bonds. The van der Waals surface area contributed by atoms with Crippen LogP contribution in [0.25, 0.3) is 0 Å². The van der Waals surface area contributed by atoms with E-state index in [9.17, 15) is 4.79 Å². The summed E-state index contributed by atoms with van der Waals surface area (Å²) in [5, 5.41) is 3.21. The summed E-state index contributed by atoms with van der Waals surface area (Å²) >= 11 is 1.72. The molecule has 2 aromatic rings. The Morgan fingerprint density at radius 3 is 2.80 bits per heavy atom. The fraction of sp³-hybridized carbons (Fsp3) is 0.476. The number of benzene rings is 1. The Morgan fingerprint density at radius 1 is 1.24 bits per heavy atom. The Balaban J connectivity index is 1.37. The first-order valence-corrected chi connectivity index (χ1v) is 10.2. The van der Waals surface area contributed by atoms with Gasteiger partial charge in [0.25, 0.3) is 5.91 Å². The first-order valence-electron chi connectivity index (χ1n) is 9.26. The molecule has 2 aliphatic carbocycles. The quantitative estimate of drug-likeness (QED) is 0.731. The highest BCUT2D eigenvalue weighted by molar-refractivity contribution is 7.98. The van der Waals surface area contributed by atoms with Gasteiger partial charge in [-0.2, -0.15) is 0 Å². The predicted molar refractivity (Wildman–Crippen MR) is 101 cm³/mol. The monoisotopic (exact) mass is 355 g/mol. The van der Waals surface area contributed by atoms with Gasteiger partial charge in [0.15, 0.2) is 5.76 Å². The first-order chi connectivity index (χ1) is 12.2. The number of furan rings is 1. The second kappa shape index (κ2) is 7.28. The van der Waals surface area contributed by atoms with Gasteiger partial charge in [0, 0.05) is 22.3 Å². The minimum absolute atomic E-state index is 0.0658. The molecule has 4 heteroatoms. The van der Waals surface area contributed by atoms with E-state index in [0.717, 1.165) is 23.2 Å². The van der Waals surface area contributed by atoms with Gasteiger partial charge in [0.05, 0.1) is 6.26 Å². The second-order valence-corrected chi connectivity index (χ2v) is 8.53. The number of hydrogen-bond donors (Lipinski definition) is 1. The molecule has 1 N–H and O–H groups in total. The van der Waals surface area contributed by atoms with Crippen molar-refractivity contribution in [2.24, 2.45) is 17.8 Å². The van der Waals surface area contributed by atoms with E-state index in [-0.39, 0.29) is 11.9 Å². The van der Waals surface area contributed by atoms with Crippen LogP contribution in [0.4, 0.5) is 0 Å². The van der Waals surface area contributed by atoms with Crippen molar-refractivity contribution in [3.8, 4) is 0 Å². The van der Waals surface area contributed by atoms with Crippen molar-refractivity contribution in [1.29, 1.82) is 0 Å². The molecular formula is C21H25NO2S. The van der Waals surface area contributed by atoms with Crippen molar-refractivity contribution in [1.82, 2.24) is 5.32 Å². The Bertz CT molecular complexity index is 727. The molecule has 2 fully saturated rings. The second-order valence-electron chi connectivity index (χ2n) is 7.48. The smallest absolute Gasteiger partial charge is 0.287 e. The van der Waals surface area contributed by atoms with Gasteiger partial charge in [-0.05, 0) is 62.1 Å². The average Bonchev–Trinajstić information content (AvgIpc) is 3.37. The third-order valence-electron chi connectivity index (χ3n) is 5.88. The van der Waals surface area contributed by atoms with Crippen molar-refractivity contribution >= 4 is 17.7 Å². The van der Waals surface area contributed by atoms with E-state index >= 15 is 0 Å². The van der Waals surface area contributed by atoms with Gasteiger partial charge in [-0.3, -0.25) is 4.79 Å². The van der Waals surface area contributed by atoms with Crippen molar-refractivity contribution in [2.45, 2.75) is 49.3 Å². The molecule has 4 atom stereocenters. The number of rotatable bonds is 6. The van der Waals surface area contributed by atoms with Gasteiger partial charge in [-0.15, -0.1) is 11.8 Å². The maximum absolute atomic E-state index is 12.7. The Hall–Kier alpha value is -1.68. The molecule has 4 rings (SSSR count). The number of carbonyl (C=O) groups is 1. The van der Waals surface area contributed by atoms with Crippen LogP contribution in [-0.4, -0.2) is 11.9 Å². The van der Waals surface area contributed by atoms with Crippen molar-refractivity contribution in [3.05, 3.63) is 54.0 Å². The minimum Gasteiger partial charge on any atom is -0.459 e. The Morgan fingerprint density at radius 2 is 2.08 bits per heavy atom. The normalized spacial score (nSPS) is 25.9. The van der Waals surface area contributed by atoms with Crippen LogP contribution in [0.15, 0.2) is 52.0 Å². The summed E-state index contributed by atoms with van der Waals surface area (Å²) in [5.41, 5.74) is 0.964. The van der Waals surface area contributed by atoms with Crippen LogP contribution in [0.2, 0.25) is 0 Å². The van der Waals surface area contributed by atoms with E-state index in [2.05, 4.69) is 24.4 Å². The van der Waals surface area contributed by atoms with Gasteiger partial charge in [-0.25, -0.2) is 0 Å². The van der Waals surface area contributed by atoms with Crippen molar-refractivity contribution < 1.29 is 9.21 Å². The highest BCUT2D eigenvalue weighted by Gasteiger charge is 2.42. The molecule has 132 valence electrons. The topological polar surface area (TPSA) is 42.2 Å². The summed E-state index contributed by atoms with van der Waals surface area (Å²) in [6.07, 6.45) is 7.00. The zero-order valence-corrected chi connectivity index (χ0v) is 15.4. The maximum atomic E-state index is 12.7. The number of carbonyl (C=O) groups excluding carboxylic acids is 1. The molecule has 2 aliphatic rings. The molecule has 0 spiro atoms. The molecule has 1 heterocycles. The summed E-state index contributed by atoms with van der Waals surface area (Å²) in [6.45, 7) is 2.16. The van der Waals surface area contributed by atoms with E-state index < -0.39 is 0 Å². The molecular weight excluding hydrogens is 330 g/mol. The minimum atomic E-state index is -0.0658. The summed E-state index contributed by atoms with van der Waals surface area (Å²) in [4.78, 5) is 13.9. The highest BCUT2D eigenvalue weighted by Crippen LogP contribution is 2.49. The van der Waals surface area contributed by atoms with E-state index in [4.69, 9.17) is 4.42 Å². The van der Waals surface area contributed by atoms with E-state index in [1.807, 2.05) is 24.3 Å². The molecule has 2 bridgehead atoms. The number of hydrogen-bond acceptors (Lipinski definition) is 3. The molecule has 0 radical (unpaired) electrons. The molecule has 0 saturated heterocycles. The predicted octanol–water partition coefficient (Wildman–Crippen LogP) is 5.13. The van der Waals surface area contributed by atoms with Gasteiger partial charge in [-0.1, -0.05) is 24.6 Å². The summed E-state index contributed by atoms with van der Waals surface area (Å²) in [7, 11) is 0. The lowest BCUT2D eigenvalue weighted by Crippen LogP contribution is -2.40. The third-order valence-corrected chi connectivity index (χ3v) is 6.95. The number of amides is 1. The van der Waals surface area contributed by atoms with Gasteiger partial charge >= 0.3 is 0 Å². The summed E-state index contributed by atoms with van der Waals surface area (Å²) in [5.74, 6) is 3.49. The van der Waals surface area contributed by atoms with Crippen LogP contribution in [0.5, 0.6) is 0 Å². The van der Waals surface area contributed by atoms with Gasteiger partial charge < -0.3 is 9.73 Å². The van der Waals surface area contributed by atoms with Crippen LogP contribution >= 0.6 is 11.8 Å². The fourth-order valence-electron chi connectivity index (χ4n) is 4.61. The lowest BCUT2D eigenvalue weighted by atomic mass is 9.84. The van der Waals surface area contributed by atoms with Crippen LogP contribution in [0.1, 0.15) is 48.7 Å². The Kier molecular flexibility index (Phi) is 4.89. The summed E-state index contributed by atoms with van der Waals surface area (Å²) < 4.78 is 5.51. The molecule has 3 nitrogen and oxygen atoms in total. The SMILES string of the molecule is CC(NC(=O)c1occc1CSc1ccccc1)C1CC2CCC1C2. The number of fused-ring (bicyclic) bond motifs is 2. The average molecular weight is 356 g/mol. The van der Waals surface area contributed by atoms with Crippen LogP contribution < -0.4 is 5.32 Å². The standard InChI is InChI=1S/C21H25NO2S/c1-14(19-12-15-7-8-16(19)11-15)22-21(23)20-17(9-10-24-20)13-25-18-5-3-2-4-6-18/h2-6,9-10,14-16,19H,7-8,11-13H2,1H3,(H,22,23). The number of nitrogens with one attached hydrogen (secondary N) is 1. The zero-order chi connectivity index (χ0) is 17.2. The van der Waals surface area contributed by atoms with Gasteiger partial charge in [0.2, 0.25) is 0 Å². The van der Waals surface area contributed by atoms with E-state index in [1.54, 1.807) is 18.0 Å². The molecule has 1 aromatic heterocycles. The lowest BCUT2D eigenvalue weighted by Gasteiger charge is -2.28. The van der Waals surface area contributed by atoms with E-state index in [0.29, 0.717) is 11.7 Å². The molecule has 4 unspecified atom stereocenters. The van der Waals surface area contributed by atoms with Crippen LogP contribution in [0, 0.1) is 17.8 Å². The molecule has 2 saturated carbocycles. The van der Waals surface area contributed by atoms with E-state index in [1.165, 1.54) is 30.6 Å². The molecule has 25 heavy (non-hydrogen) atoms. The van der Waals surface area contributed by atoms with Crippen LogP contribution in [-0.2, 0) is 5.75 Å². The number of thioether (sulfide) groups is 1. The molecule has 1 aromatic carbocycles. The largest absolute Gasteiger partial charge is 0.459 e. The van der Waals surface area contributed by atoms with Gasteiger partial charge in [0.1, 0.15) is 0 Å². The fourth-order valence-corrected chi connectivity index (χ4v) is 5.51. The van der Waals surface area contributed by atoms with Crippen molar-refractivity contribution in [2.75, 3.05) is 0 Å². The summed E-state index contributed by atoms with van der Waals surface area (Å²) in [6, 6.07) is 12.4. The highest BCUT2D eigenvalue weighted by atomic mass is 32.2. The maximum Gasteiger partial charge on any atom is 0.287 e. The zero-order valence-electron chi connectivity index (χ0n) is 14.6. The first kappa shape index (κ1) is 16.8. The third kappa shape index (κ3) is 3.64.